The Balaban J connectivity index is 2.37. The lowest BCUT2D eigenvalue weighted by molar-refractivity contribution is -0.145. The Morgan fingerprint density at radius 1 is 1.52 bits per heavy atom. The van der Waals surface area contributed by atoms with Gasteiger partial charge in [-0.25, -0.2) is 9.59 Å². The molecule has 1 heterocycles. The zero-order chi connectivity index (χ0) is 15.8. The molecule has 1 fully saturated rings. The van der Waals surface area contributed by atoms with Crippen LogP contribution in [0.15, 0.2) is 23.4 Å². The molecule has 0 saturated carbocycles. The third-order valence-corrected chi connectivity index (χ3v) is 3.64. The van der Waals surface area contributed by atoms with Crippen molar-refractivity contribution in [2.75, 3.05) is 13.1 Å². The van der Waals surface area contributed by atoms with Gasteiger partial charge < -0.3 is 20.7 Å². The number of aliphatic carboxylic acids is 2. The number of carboxylic acid groups (broad SMARTS) is 2. The van der Waals surface area contributed by atoms with Crippen molar-refractivity contribution in [3.63, 3.8) is 0 Å². The number of hydrogen-bond acceptors (Lipinski definition) is 5. The molecule has 4 N–H and O–H groups in total. The molecule has 1 aliphatic heterocycles. The summed E-state index contributed by atoms with van der Waals surface area (Å²) in [5.41, 5.74) is 4.15. The van der Waals surface area contributed by atoms with E-state index >= 15 is 0 Å². The summed E-state index contributed by atoms with van der Waals surface area (Å²) in [5, 5.41) is 18.5. The first-order chi connectivity index (χ1) is 9.78. The molecule has 2 atom stereocenters. The van der Waals surface area contributed by atoms with Gasteiger partial charge in [-0.05, 0) is 13.0 Å². The van der Waals surface area contributed by atoms with Crippen molar-refractivity contribution in [2.24, 2.45) is 11.1 Å². The van der Waals surface area contributed by atoms with Crippen LogP contribution in [0.4, 0.5) is 4.79 Å². The first-order valence-electron chi connectivity index (χ1n) is 6.36. The standard InChI is InChI=1S/C13H16N2O6/c1-13(11(18)19)3-2-9(8(4-13)10(16)17)15-6-7(5-14)21-12(15)20/h2-3,7H,4-6,14H2,1H3,(H,16,17)(H,18,19)/t7-,13?/m0/s1. The number of hydrogen-bond donors (Lipinski definition) is 3. The Morgan fingerprint density at radius 3 is 2.67 bits per heavy atom. The summed E-state index contributed by atoms with van der Waals surface area (Å²) in [6.45, 7) is 1.71. The highest BCUT2D eigenvalue weighted by atomic mass is 16.6. The lowest BCUT2D eigenvalue weighted by atomic mass is 9.79. The van der Waals surface area contributed by atoms with Crippen molar-refractivity contribution in [3.8, 4) is 0 Å². The SMILES string of the molecule is CC1(C(=O)O)C=CC(N2C[C@H](CN)OC2=O)=C(C(=O)O)C1. The van der Waals surface area contributed by atoms with Crippen molar-refractivity contribution in [2.45, 2.75) is 19.4 Å². The molecule has 0 aromatic carbocycles. The Labute approximate surface area is 120 Å². The van der Waals surface area contributed by atoms with Crippen LogP contribution < -0.4 is 5.73 Å². The van der Waals surface area contributed by atoms with E-state index in [1.807, 2.05) is 0 Å². The quantitative estimate of drug-likeness (QED) is 0.673. The van der Waals surface area contributed by atoms with Crippen molar-refractivity contribution < 1.29 is 29.3 Å². The van der Waals surface area contributed by atoms with Gasteiger partial charge in [0.25, 0.3) is 0 Å². The van der Waals surface area contributed by atoms with E-state index in [4.69, 9.17) is 10.5 Å². The molecular formula is C13H16N2O6. The molecule has 21 heavy (non-hydrogen) atoms. The highest BCUT2D eigenvalue weighted by Gasteiger charge is 2.41. The number of rotatable bonds is 4. The van der Waals surface area contributed by atoms with Gasteiger partial charge in [-0.1, -0.05) is 6.08 Å². The van der Waals surface area contributed by atoms with Crippen LogP contribution >= 0.6 is 0 Å². The van der Waals surface area contributed by atoms with E-state index in [0.717, 1.165) is 0 Å². The molecule has 0 spiro atoms. The lowest BCUT2D eigenvalue weighted by Crippen LogP contribution is -2.34. The Hall–Kier alpha value is -2.35. The smallest absolute Gasteiger partial charge is 0.414 e. The number of carboxylic acids is 2. The van der Waals surface area contributed by atoms with Crippen LogP contribution in [0.5, 0.6) is 0 Å². The number of cyclic esters (lactones) is 1. The topological polar surface area (TPSA) is 130 Å². The molecule has 0 bridgehead atoms. The average Bonchev–Trinajstić information content (AvgIpc) is 2.79. The minimum absolute atomic E-state index is 0.128. The van der Waals surface area contributed by atoms with Crippen LogP contribution in [0.25, 0.3) is 0 Å². The first-order valence-corrected chi connectivity index (χ1v) is 6.36. The Kier molecular flexibility index (Phi) is 3.73. The molecule has 1 amide bonds. The van der Waals surface area contributed by atoms with Gasteiger partial charge >= 0.3 is 18.0 Å². The monoisotopic (exact) mass is 296 g/mol. The van der Waals surface area contributed by atoms with Crippen molar-refractivity contribution in [3.05, 3.63) is 23.4 Å². The molecule has 1 saturated heterocycles. The summed E-state index contributed by atoms with van der Waals surface area (Å²) in [6.07, 6.45) is 1.35. The fourth-order valence-electron chi connectivity index (χ4n) is 2.31. The summed E-state index contributed by atoms with van der Waals surface area (Å²) in [7, 11) is 0. The Bertz CT molecular complexity index is 567. The van der Waals surface area contributed by atoms with E-state index in [0.29, 0.717) is 0 Å². The fraction of sp³-hybridized carbons (Fsp3) is 0.462. The fourth-order valence-corrected chi connectivity index (χ4v) is 2.31. The predicted molar refractivity (Wildman–Crippen MR) is 70.2 cm³/mol. The number of carbonyl (C=O) groups excluding carboxylic acids is 1. The molecule has 8 heteroatoms. The highest BCUT2D eigenvalue weighted by Crippen LogP contribution is 2.36. The first kappa shape index (κ1) is 15.0. The van der Waals surface area contributed by atoms with Crippen LogP contribution in [0.3, 0.4) is 0 Å². The lowest BCUT2D eigenvalue weighted by Gasteiger charge is -2.28. The normalized spacial score (nSPS) is 28.8. The van der Waals surface area contributed by atoms with Gasteiger partial charge in [0.15, 0.2) is 0 Å². The zero-order valence-corrected chi connectivity index (χ0v) is 11.4. The Morgan fingerprint density at radius 2 is 2.19 bits per heavy atom. The largest absolute Gasteiger partial charge is 0.481 e. The minimum Gasteiger partial charge on any atom is -0.481 e. The van der Waals surface area contributed by atoms with E-state index in [1.54, 1.807) is 0 Å². The summed E-state index contributed by atoms with van der Waals surface area (Å²) in [4.78, 5) is 35.6. The maximum atomic E-state index is 11.8. The van der Waals surface area contributed by atoms with Gasteiger partial charge in [0.1, 0.15) is 6.10 Å². The molecular weight excluding hydrogens is 280 g/mol. The molecule has 0 aromatic rings. The summed E-state index contributed by atoms with van der Waals surface area (Å²) >= 11 is 0. The minimum atomic E-state index is -1.31. The zero-order valence-electron chi connectivity index (χ0n) is 11.4. The molecule has 1 aliphatic carbocycles. The highest BCUT2D eigenvalue weighted by molar-refractivity contribution is 5.92. The van der Waals surface area contributed by atoms with E-state index in [9.17, 15) is 24.6 Å². The van der Waals surface area contributed by atoms with E-state index in [-0.39, 0.29) is 30.8 Å². The maximum Gasteiger partial charge on any atom is 0.414 e. The van der Waals surface area contributed by atoms with E-state index < -0.39 is 29.6 Å². The predicted octanol–water partition coefficient (Wildman–Crippen LogP) is 0.155. The van der Waals surface area contributed by atoms with E-state index in [1.165, 1.54) is 24.0 Å². The second-order valence-electron chi connectivity index (χ2n) is 5.25. The van der Waals surface area contributed by atoms with Crippen LogP contribution in [-0.4, -0.2) is 52.3 Å². The van der Waals surface area contributed by atoms with Gasteiger partial charge in [-0.15, -0.1) is 0 Å². The average molecular weight is 296 g/mol. The molecule has 114 valence electrons. The second kappa shape index (κ2) is 5.21. The number of ether oxygens (including phenoxy) is 1. The molecule has 8 nitrogen and oxygen atoms in total. The van der Waals surface area contributed by atoms with Crippen LogP contribution in [0.2, 0.25) is 0 Å². The summed E-state index contributed by atoms with van der Waals surface area (Å²) in [5.74, 6) is -2.38. The van der Waals surface area contributed by atoms with Crippen molar-refractivity contribution in [1.82, 2.24) is 4.90 Å². The van der Waals surface area contributed by atoms with Crippen LogP contribution in [-0.2, 0) is 14.3 Å². The number of allylic oxidation sites excluding steroid dienone is 1. The third-order valence-electron chi connectivity index (χ3n) is 3.64. The van der Waals surface area contributed by atoms with Gasteiger partial charge in [-0.3, -0.25) is 9.69 Å². The summed E-state index contributed by atoms with van der Waals surface area (Å²) < 4.78 is 4.99. The van der Waals surface area contributed by atoms with Crippen LogP contribution in [0, 0.1) is 5.41 Å². The van der Waals surface area contributed by atoms with Crippen molar-refractivity contribution in [1.29, 1.82) is 0 Å². The number of amides is 1. The van der Waals surface area contributed by atoms with Crippen LogP contribution in [0.1, 0.15) is 13.3 Å². The molecule has 2 aliphatic rings. The van der Waals surface area contributed by atoms with Gasteiger partial charge in [0.2, 0.25) is 0 Å². The molecule has 1 unspecified atom stereocenters. The molecule has 2 rings (SSSR count). The van der Waals surface area contributed by atoms with Gasteiger partial charge in [0.05, 0.1) is 23.2 Å². The number of carbonyl (C=O) groups is 3. The third kappa shape index (κ3) is 2.62. The summed E-state index contributed by atoms with van der Waals surface area (Å²) in [6, 6.07) is 0. The number of nitrogens with two attached hydrogens (primary N) is 1. The van der Waals surface area contributed by atoms with E-state index in [2.05, 4.69) is 0 Å². The second-order valence-corrected chi connectivity index (χ2v) is 5.25. The maximum absolute atomic E-state index is 11.8. The molecule has 0 aromatic heterocycles. The number of nitrogens with zero attached hydrogens (tertiary/aromatic N) is 1. The van der Waals surface area contributed by atoms with Crippen molar-refractivity contribution >= 4 is 18.0 Å². The van der Waals surface area contributed by atoms with Gasteiger partial charge in [-0.2, -0.15) is 0 Å². The molecule has 0 radical (unpaired) electrons. The van der Waals surface area contributed by atoms with Gasteiger partial charge in [0, 0.05) is 13.0 Å².